The van der Waals surface area contributed by atoms with Crippen molar-refractivity contribution < 1.29 is 23.8 Å². The molecule has 0 saturated carbocycles. The summed E-state index contributed by atoms with van der Waals surface area (Å²) in [5.74, 6) is -0.273. The van der Waals surface area contributed by atoms with Gasteiger partial charge in [0.15, 0.2) is 16.7 Å². The molecule has 0 aliphatic heterocycles. The molecule has 0 fully saturated rings. The fourth-order valence-electron chi connectivity index (χ4n) is 4.50. The Balaban J connectivity index is 1.35. The minimum atomic E-state index is -0.522. The van der Waals surface area contributed by atoms with Gasteiger partial charge in [-0.15, -0.1) is 11.3 Å². The first-order valence-corrected chi connectivity index (χ1v) is 14.7. The number of hydrogen-bond donors (Lipinski definition) is 1. The number of fused-ring (bicyclic) bond motifs is 3. The van der Waals surface area contributed by atoms with Crippen molar-refractivity contribution in [3.63, 3.8) is 0 Å². The van der Waals surface area contributed by atoms with Gasteiger partial charge in [-0.2, -0.15) is 5.10 Å². The first-order valence-electron chi connectivity index (χ1n) is 12.5. The molecule has 13 heteroatoms. The Kier molecular flexibility index (Phi) is 8.62. The highest BCUT2D eigenvalue weighted by atomic mass is 35.5. The van der Waals surface area contributed by atoms with Crippen LogP contribution in [0.1, 0.15) is 29.3 Å². The van der Waals surface area contributed by atoms with Crippen LogP contribution in [0.15, 0.2) is 51.5 Å². The second kappa shape index (κ2) is 12.3. The summed E-state index contributed by atoms with van der Waals surface area (Å²) >= 11 is 8.77. The third-order valence-corrected chi connectivity index (χ3v) is 8.63. The van der Waals surface area contributed by atoms with Crippen LogP contribution in [0.25, 0.3) is 15.9 Å². The maximum Gasteiger partial charge on any atom is 0.308 e. The maximum absolute atomic E-state index is 13.7. The fraction of sp³-hybridized carbons (Fsp3) is 0.250. The van der Waals surface area contributed by atoms with Gasteiger partial charge in [0.05, 0.1) is 37.3 Å². The third-order valence-electron chi connectivity index (χ3n) is 6.26. The van der Waals surface area contributed by atoms with E-state index in [1.165, 1.54) is 36.8 Å². The van der Waals surface area contributed by atoms with Crippen molar-refractivity contribution in [3.05, 3.63) is 67.8 Å². The number of carbonyl (C=O) groups is 2. The summed E-state index contributed by atoms with van der Waals surface area (Å²) in [6.07, 6.45) is 4.25. The molecule has 0 atom stereocenters. The molecule has 2 aromatic carbocycles. The second-order valence-electron chi connectivity index (χ2n) is 8.98. The smallest absolute Gasteiger partial charge is 0.308 e. The molecule has 1 aliphatic carbocycles. The molecule has 0 bridgehead atoms. The number of thioether (sulfide) groups is 1. The lowest BCUT2D eigenvalue weighted by atomic mass is 10.2. The summed E-state index contributed by atoms with van der Waals surface area (Å²) in [7, 11) is 2.86. The van der Waals surface area contributed by atoms with E-state index in [0.29, 0.717) is 31.6 Å². The molecule has 4 aromatic rings. The van der Waals surface area contributed by atoms with Crippen LogP contribution in [0.2, 0.25) is 5.02 Å². The van der Waals surface area contributed by atoms with E-state index >= 15 is 0 Å². The van der Waals surface area contributed by atoms with Crippen LogP contribution in [0.4, 0.5) is 0 Å². The Bertz CT molecular complexity index is 1710. The van der Waals surface area contributed by atoms with Crippen molar-refractivity contribution in [2.24, 2.45) is 5.10 Å². The number of rotatable bonds is 9. The van der Waals surface area contributed by atoms with Gasteiger partial charge >= 0.3 is 5.97 Å². The van der Waals surface area contributed by atoms with Gasteiger partial charge in [0.2, 0.25) is 5.75 Å². The zero-order valence-corrected chi connectivity index (χ0v) is 24.7. The van der Waals surface area contributed by atoms with Crippen molar-refractivity contribution in [1.29, 1.82) is 0 Å². The Morgan fingerprint density at radius 3 is 2.54 bits per heavy atom. The van der Waals surface area contributed by atoms with Crippen LogP contribution in [-0.2, 0) is 22.4 Å². The van der Waals surface area contributed by atoms with E-state index in [1.807, 2.05) is 0 Å². The predicted molar refractivity (Wildman–Crippen MR) is 160 cm³/mol. The Labute approximate surface area is 248 Å². The molecule has 0 spiro atoms. The van der Waals surface area contributed by atoms with Crippen LogP contribution in [0, 0.1) is 0 Å². The number of hydrogen-bond acceptors (Lipinski definition) is 10. The number of methoxy groups -OCH3 is 2. The van der Waals surface area contributed by atoms with Crippen LogP contribution >= 0.6 is 34.7 Å². The molecule has 1 aliphatic rings. The molecular weight excluding hydrogens is 588 g/mol. The molecule has 212 valence electrons. The minimum absolute atomic E-state index is 0.0357. The fourth-order valence-corrected chi connectivity index (χ4v) is 6.73. The normalized spacial score (nSPS) is 12.5. The molecule has 0 unspecified atom stereocenters. The van der Waals surface area contributed by atoms with Crippen LogP contribution in [-0.4, -0.2) is 47.6 Å². The monoisotopic (exact) mass is 612 g/mol. The van der Waals surface area contributed by atoms with Crippen molar-refractivity contribution in [2.75, 3.05) is 20.0 Å². The number of halogens is 1. The van der Waals surface area contributed by atoms with Crippen molar-refractivity contribution in [1.82, 2.24) is 15.0 Å². The number of carbonyl (C=O) groups excluding carboxylic acids is 2. The first-order chi connectivity index (χ1) is 19.8. The van der Waals surface area contributed by atoms with E-state index in [4.69, 9.17) is 30.8 Å². The van der Waals surface area contributed by atoms with Crippen molar-refractivity contribution in [3.8, 4) is 22.9 Å². The summed E-state index contributed by atoms with van der Waals surface area (Å²) in [4.78, 5) is 44.6. The molecule has 1 N–H and O–H groups in total. The first kappa shape index (κ1) is 28.7. The molecule has 41 heavy (non-hydrogen) atoms. The SMILES string of the molecule is COc1cc(C=NNC(=O)CSc2nc3sc4c(c3c(=O)n2-c2ccc(Cl)cc2)CCC4)cc(OC)c1OC(C)=O. The van der Waals surface area contributed by atoms with Gasteiger partial charge in [0, 0.05) is 22.4 Å². The number of esters is 1. The number of benzene rings is 2. The predicted octanol–water partition coefficient (Wildman–Crippen LogP) is 4.77. The standard InChI is InChI=1S/C28H25ClN4O6S2/c1-15(34)39-25-20(37-2)11-16(12-21(25)38-3)13-30-32-23(35)14-40-28-31-26-24(19-5-4-6-22(19)41-26)27(36)33(28)18-9-7-17(29)8-10-18/h7-13H,4-6,14H2,1-3H3,(H,32,35). The summed E-state index contributed by atoms with van der Waals surface area (Å²) in [6, 6.07) is 10.1. The summed E-state index contributed by atoms with van der Waals surface area (Å²) in [5, 5.41) is 5.64. The average molecular weight is 613 g/mol. The quantitative estimate of drug-likeness (QED) is 0.0716. The van der Waals surface area contributed by atoms with E-state index in [-0.39, 0.29) is 28.6 Å². The lowest BCUT2D eigenvalue weighted by Crippen LogP contribution is -2.24. The van der Waals surface area contributed by atoms with Crippen LogP contribution in [0.5, 0.6) is 17.2 Å². The maximum atomic E-state index is 13.7. The second-order valence-corrected chi connectivity index (χ2v) is 11.4. The lowest BCUT2D eigenvalue weighted by molar-refractivity contribution is -0.132. The largest absolute Gasteiger partial charge is 0.493 e. The number of hydrazone groups is 1. The van der Waals surface area contributed by atoms with E-state index in [1.54, 1.807) is 47.7 Å². The number of amides is 1. The van der Waals surface area contributed by atoms with Gasteiger partial charge in [0.25, 0.3) is 11.5 Å². The molecule has 10 nitrogen and oxygen atoms in total. The van der Waals surface area contributed by atoms with Crippen LogP contribution in [0.3, 0.4) is 0 Å². The van der Waals surface area contributed by atoms with Gasteiger partial charge in [-0.3, -0.25) is 19.0 Å². The summed E-state index contributed by atoms with van der Waals surface area (Å²) in [5.41, 5.74) is 4.57. The Hall–Kier alpha value is -3.87. The summed E-state index contributed by atoms with van der Waals surface area (Å²) in [6.45, 7) is 1.27. The lowest BCUT2D eigenvalue weighted by Gasteiger charge is -2.13. The Morgan fingerprint density at radius 1 is 1.17 bits per heavy atom. The molecule has 2 heterocycles. The zero-order chi connectivity index (χ0) is 29.1. The highest BCUT2D eigenvalue weighted by Gasteiger charge is 2.24. The van der Waals surface area contributed by atoms with Gasteiger partial charge in [-0.1, -0.05) is 23.4 Å². The topological polar surface area (TPSA) is 121 Å². The van der Waals surface area contributed by atoms with Crippen molar-refractivity contribution in [2.45, 2.75) is 31.3 Å². The third kappa shape index (κ3) is 6.09. The highest BCUT2D eigenvalue weighted by molar-refractivity contribution is 7.99. The number of nitrogens with one attached hydrogen (secondary N) is 1. The number of nitrogens with zero attached hydrogens (tertiary/aromatic N) is 3. The van der Waals surface area contributed by atoms with Crippen LogP contribution < -0.4 is 25.2 Å². The molecule has 0 saturated heterocycles. The number of aromatic nitrogens is 2. The molecule has 1 amide bonds. The number of aryl methyl sites for hydroxylation is 2. The average Bonchev–Trinajstić information content (AvgIpc) is 3.54. The minimum Gasteiger partial charge on any atom is -0.493 e. The Morgan fingerprint density at radius 2 is 1.88 bits per heavy atom. The number of thiophene rings is 1. The molecule has 5 rings (SSSR count). The van der Waals surface area contributed by atoms with Gasteiger partial charge in [-0.25, -0.2) is 10.4 Å². The van der Waals surface area contributed by atoms with Gasteiger partial charge in [0.1, 0.15) is 4.83 Å². The van der Waals surface area contributed by atoms with E-state index in [9.17, 15) is 14.4 Å². The van der Waals surface area contributed by atoms with E-state index in [2.05, 4.69) is 10.5 Å². The molecule has 0 radical (unpaired) electrons. The zero-order valence-electron chi connectivity index (χ0n) is 22.4. The van der Waals surface area contributed by atoms with Crippen molar-refractivity contribution >= 4 is 63.0 Å². The van der Waals surface area contributed by atoms with E-state index in [0.717, 1.165) is 36.6 Å². The number of ether oxygens (including phenoxy) is 3. The highest BCUT2D eigenvalue weighted by Crippen LogP contribution is 2.38. The summed E-state index contributed by atoms with van der Waals surface area (Å²) < 4.78 is 17.3. The molecular formula is C28H25ClN4O6S2. The molecule has 2 aromatic heterocycles. The van der Waals surface area contributed by atoms with Gasteiger partial charge < -0.3 is 14.2 Å². The van der Waals surface area contributed by atoms with Gasteiger partial charge in [-0.05, 0) is 61.2 Å². The van der Waals surface area contributed by atoms with E-state index < -0.39 is 11.9 Å².